The molecule has 0 unspecified atom stereocenters. The van der Waals surface area contributed by atoms with E-state index in [2.05, 4.69) is 24.4 Å². The molecule has 1 aliphatic carbocycles. The van der Waals surface area contributed by atoms with Gasteiger partial charge in [-0.1, -0.05) is 31.0 Å². The van der Waals surface area contributed by atoms with Gasteiger partial charge in [-0.2, -0.15) is 0 Å². The maximum absolute atomic E-state index is 12.8. The lowest BCUT2D eigenvalue weighted by Crippen LogP contribution is -2.50. The summed E-state index contributed by atoms with van der Waals surface area (Å²) >= 11 is 0. The van der Waals surface area contributed by atoms with Crippen molar-refractivity contribution in [1.82, 2.24) is 5.32 Å². The lowest BCUT2D eigenvalue weighted by Gasteiger charge is -2.37. The van der Waals surface area contributed by atoms with Gasteiger partial charge in [-0.25, -0.2) is 0 Å². The summed E-state index contributed by atoms with van der Waals surface area (Å²) in [7, 11) is 0. The van der Waals surface area contributed by atoms with Crippen LogP contribution in [0.5, 0.6) is 0 Å². The molecule has 1 amide bonds. The highest BCUT2D eigenvalue weighted by Gasteiger charge is 2.49. The van der Waals surface area contributed by atoms with E-state index in [1.54, 1.807) is 0 Å². The third-order valence-electron chi connectivity index (χ3n) is 5.75. The van der Waals surface area contributed by atoms with Crippen LogP contribution in [-0.2, 0) is 9.53 Å². The summed E-state index contributed by atoms with van der Waals surface area (Å²) in [4.78, 5) is 12.8. The lowest BCUT2D eigenvalue weighted by molar-refractivity contribution is -0.117. The summed E-state index contributed by atoms with van der Waals surface area (Å²) < 4.78 is 6.01. The number of aliphatic hydroxyl groups is 1. The second-order valence-electron chi connectivity index (χ2n) is 7.98. The van der Waals surface area contributed by atoms with Crippen molar-refractivity contribution in [3.8, 4) is 0 Å². The number of carbonyl (C=O) groups is 1. The maximum atomic E-state index is 12.8. The first-order valence-electron chi connectivity index (χ1n) is 9.84. The zero-order valence-electron chi connectivity index (χ0n) is 16.4. The molecule has 0 aromatic heterocycles. The highest BCUT2D eigenvalue weighted by molar-refractivity contribution is 6.24. The van der Waals surface area contributed by atoms with Gasteiger partial charge in [0.1, 0.15) is 11.3 Å². The summed E-state index contributed by atoms with van der Waals surface area (Å²) in [5.74, 6) is 0.0492. The number of unbranched alkanes of at least 4 members (excludes halogenated alkanes) is 1. The fourth-order valence-electron chi connectivity index (χ4n) is 4.58. The standard InChI is InChI=1S/C22H31NO3/c1-5-6-10-26-17-8-7-9-22(13-17)20(24)19(21(25)23-22)18-15(3)11-14(2)12-16(18)4/h11-12,17,24H,5-10,13H2,1-4H3,(H,23,25)/t17-,22+/m0/s1. The van der Waals surface area contributed by atoms with Crippen LogP contribution in [0.2, 0.25) is 0 Å². The van der Waals surface area contributed by atoms with Crippen LogP contribution in [-0.4, -0.2) is 29.3 Å². The van der Waals surface area contributed by atoms with Crippen LogP contribution in [0.25, 0.3) is 5.57 Å². The molecule has 2 atom stereocenters. The molecule has 1 heterocycles. The third-order valence-corrected chi connectivity index (χ3v) is 5.75. The minimum absolute atomic E-state index is 0.0947. The number of carbonyl (C=O) groups excluding carboxylic acids is 1. The molecule has 3 rings (SSSR count). The van der Waals surface area contributed by atoms with Crippen LogP contribution >= 0.6 is 0 Å². The van der Waals surface area contributed by atoms with Gasteiger partial charge in [-0.3, -0.25) is 4.79 Å². The van der Waals surface area contributed by atoms with Gasteiger partial charge in [0.05, 0.1) is 11.7 Å². The Morgan fingerprint density at radius 2 is 1.96 bits per heavy atom. The molecular formula is C22H31NO3. The quantitative estimate of drug-likeness (QED) is 0.762. The van der Waals surface area contributed by atoms with Gasteiger partial charge in [0.25, 0.3) is 5.91 Å². The first-order valence-corrected chi connectivity index (χ1v) is 9.84. The molecule has 2 aliphatic rings. The monoisotopic (exact) mass is 357 g/mol. The smallest absolute Gasteiger partial charge is 0.256 e. The van der Waals surface area contributed by atoms with Crippen molar-refractivity contribution >= 4 is 11.5 Å². The number of aliphatic hydroxyl groups excluding tert-OH is 1. The van der Waals surface area contributed by atoms with Crippen LogP contribution in [0.15, 0.2) is 17.9 Å². The van der Waals surface area contributed by atoms with E-state index >= 15 is 0 Å². The molecule has 0 radical (unpaired) electrons. The van der Waals surface area contributed by atoms with Gasteiger partial charge in [0.2, 0.25) is 0 Å². The Hall–Kier alpha value is -1.81. The molecule has 0 bridgehead atoms. The largest absolute Gasteiger partial charge is 0.509 e. The molecule has 0 saturated heterocycles. The average Bonchev–Trinajstić information content (AvgIpc) is 2.79. The van der Waals surface area contributed by atoms with Crippen LogP contribution in [0.4, 0.5) is 0 Å². The normalized spacial score (nSPS) is 25.8. The van der Waals surface area contributed by atoms with E-state index in [-0.39, 0.29) is 17.8 Å². The number of amides is 1. The number of ether oxygens (including phenoxy) is 1. The van der Waals surface area contributed by atoms with Crippen molar-refractivity contribution in [3.05, 3.63) is 40.1 Å². The van der Waals surface area contributed by atoms with Gasteiger partial charge < -0.3 is 15.2 Å². The SMILES string of the molecule is CCCCO[C@H]1CCC[C@]2(C1)NC(=O)C(c1c(C)cc(C)cc1C)=C2O. The van der Waals surface area contributed by atoms with Gasteiger partial charge in [-0.05, 0) is 63.1 Å². The van der Waals surface area contributed by atoms with Crippen LogP contribution in [0, 0.1) is 20.8 Å². The van der Waals surface area contributed by atoms with Crippen molar-refractivity contribution in [1.29, 1.82) is 0 Å². The van der Waals surface area contributed by atoms with Crippen molar-refractivity contribution in [2.24, 2.45) is 0 Å². The molecule has 1 saturated carbocycles. The Kier molecular flexibility index (Phi) is 5.42. The highest BCUT2D eigenvalue weighted by atomic mass is 16.5. The fraction of sp³-hybridized carbons (Fsp3) is 0.591. The Bertz CT molecular complexity index is 714. The molecule has 1 aromatic carbocycles. The summed E-state index contributed by atoms with van der Waals surface area (Å²) in [5.41, 5.74) is 3.89. The predicted molar refractivity (Wildman–Crippen MR) is 104 cm³/mol. The molecule has 1 fully saturated rings. The summed E-state index contributed by atoms with van der Waals surface area (Å²) in [6.07, 6.45) is 5.61. The first-order chi connectivity index (χ1) is 12.4. The highest BCUT2D eigenvalue weighted by Crippen LogP contribution is 2.43. The van der Waals surface area contributed by atoms with E-state index in [0.29, 0.717) is 12.0 Å². The van der Waals surface area contributed by atoms with E-state index in [1.807, 2.05) is 20.8 Å². The molecule has 1 aromatic rings. The van der Waals surface area contributed by atoms with E-state index < -0.39 is 5.54 Å². The Morgan fingerprint density at radius 3 is 2.62 bits per heavy atom. The van der Waals surface area contributed by atoms with E-state index in [9.17, 15) is 9.90 Å². The zero-order valence-corrected chi connectivity index (χ0v) is 16.4. The van der Waals surface area contributed by atoms with Crippen molar-refractivity contribution in [3.63, 3.8) is 0 Å². The van der Waals surface area contributed by atoms with E-state index in [4.69, 9.17) is 4.74 Å². The molecule has 2 N–H and O–H groups in total. The average molecular weight is 357 g/mol. The minimum Gasteiger partial charge on any atom is -0.509 e. The van der Waals surface area contributed by atoms with E-state index in [0.717, 1.165) is 55.4 Å². The second-order valence-corrected chi connectivity index (χ2v) is 7.98. The fourth-order valence-corrected chi connectivity index (χ4v) is 4.58. The van der Waals surface area contributed by atoms with Crippen molar-refractivity contribution in [2.75, 3.05) is 6.61 Å². The van der Waals surface area contributed by atoms with E-state index in [1.165, 1.54) is 5.56 Å². The Balaban J connectivity index is 1.93. The predicted octanol–water partition coefficient (Wildman–Crippen LogP) is 4.51. The summed E-state index contributed by atoms with van der Waals surface area (Å²) in [6, 6.07) is 4.14. The lowest BCUT2D eigenvalue weighted by atomic mass is 9.78. The first kappa shape index (κ1) is 19.0. The molecular weight excluding hydrogens is 326 g/mol. The van der Waals surface area contributed by atoms with Crippen molar-refractivity contribution < 1.29 is 14.6 Å². The zero-order chi connectivity index (χ0) is 18.9. The molecule has 4 heteroatoms. The Labute approximate surface area is 156 Å². The maximum Gasteiger partial charge on any atom is 0.256 e. The van der Waals surface area contributed by atoms with Gasteiger partial charge in [0, 0.05) is 13.0 Å². The summed E-state index contributed by atoms with van der Waals surface area (Å²) in [5, 5.41) is 14.3. The molecule has 1 aliphatic heterocycles. The van der Waals surface area contributed by atoms with Crippen LogP contribution in [0.3, 0.4) is 0 Å². The van der Waals surface area contributed by atoms with Crippen LogP contribution < -0.4 is 5.32 Å². The molecule has 142 valence electrons. The van der Waals surface area contributed by atoms with Crippen molar-refractivity contribution in [2.45, 2.75) is 77.9 Å². The minimum atomic E-state index is -0.661. The number of nitrogens with one attached hydrogen (secondary N) is 1. The number of hydrogen-bond acceptors (Lipinski definition) is 3. The topological polar surface area (TPSA) is 58.6 Å². The third kappa shape index (κ3) is 3.39. The van der Waals surface area contributed by atoms with Gasteiger partial charge in [-0.15, -0.1) is 0 Å². The number of benzene rings is 1. The van der Waals surface area contributed by atoms with Crippen LogP contribution in [0.1, 0.15) is 67.7 Å². The Morgan fingerprint density at radius 1 is 1.27 bits per heavy atom. The number of aryl methyl sites for hydroxylation is 3. The number of hydrogen-bond donors (Lipinski definition) is 2. The van der Waals surface area contributed by atoms with Gasteiger partial charge in [0.15, 0.2) is 0 Å². The molecule has 26 heavy (non-hydrogen) atoms. The molecule has 4 nitrogen and oxygen atoms in total. The summed E-state index contributed by atoms with van der Waals surface area (Å²) in [6.45, 7) is 8.96. The van der Waals surface area contributed by atoms with Gasteiger partial charge >= 0.3 is 0 Å². The second kappa shape index (κ2) is 7.43. The number of rotatable bonds is 5. The molecule has 1 spiro atoms.